The molecule has 0 fully saturated rings. The maximum atomic E-state index is 12.9. The van der Waals surface area contributed by atoms with Crippen molar-refractivity contribution in [2.24, 2.45) is 0 Å². The zero-order valence-corrected chi connectivity index (χ0v) is 11.8. The molecule has 0 aromatic carbocycles. The fourth-order valence-electron chi connectivity index (χ4n) is 2.06. The van der Waals surface area contributed by atoms with E-state index in [1.165, 1.54) is 16.8 Å². The molecule has 0 unspecified atom stereocenters. The van der Waals surface area contributed by atoms with Crippen LogP contribution in [0.15, 0.2) is 55.0 Å². The molecule has 3 aromatic rings. The van der Waals surface area contributed by atoms with Gasteiger partial charge in [0, 0.05) is 12.4 Å². The summed E-state index contributed by atoms with van der Waals surface area (Å²) < 4.78 is 14.4. The van der Waals surface area contributed by atoms with Crippen LogP contribution in [-0.2, 0) is 0 Å². The summed E-state index contributed by atoms with van der Waals surface area (Å²) >= 11 is 0. The summed E-state index contributed by atoms with van der Waals surface area (Å²) in [7, 11) is 0. The number of rotatable bonds is 4. The van der Waals surface area contributed by atoms with Crippen LogP contribution in [-0.4, -0.2) is 25.5 Å². The Balaban J connectivity index is 1.94. The van der Waals surface area contributed by atoms with Crippen molar-refractivity contribution in [1.82, 2.24) is 19.7 Å². The van der Waals surface area contributed by atoms with Gasteiger partial charge in [-0.05, 0) is 30.3 Å². The van der Waals surface area contributed by atoms with Crippen LogP contribution in [0.1, 0.15) is 22.1 Å². The van der Waals surface area contributed by atoms with E-state index in [-0.39, 0.29) is 11.4 Å². The minimum Gasteiger partial charge on any atom is -0.290 e. The molecule has 3 rings (SSSR count). The Bertz CT molecular complexity index is 868. The molecule has 7 heteroatoms. The second-order valence-electron chi connectivity index (χ2n) is 4.66. The lowest BCUT2D eigenvalue weighted by Crippen LogP contribution is -2.15. The van der Waals surface area contributed by atoms with Gasteiger partial charge in [-0.2, -0.15) is 10.4 Å². The molecule has 0 amide bonds. The predicted octanol–water partition coefficient (Wildman–Crippen LogP) is 2.29. The summed E-state index contributed by atoms with van der Waals surface area (Å²) in [6.07, 6.45) is 4.26. The van der Waals surface area contributed by atoms with Gasteiger partial charge < -0.3 is 0 Å². The Morgan fingerprint density at radius 1 is 1.26 bits per heavy atom. The standard InChI is InChI=1S/C16H10FN5O/c17-11-5-6-13(19-10-11)12(9-18)16(23)14-3-1-4-15(21-14)22-8-2-7-20-22/h1-8,10,12H/t12-/m1/s1. The quantitative estimate of drug-likeness (QED) is 0.690. The van der Waals surface area contributed by atoms with Crippen LogP contribution >= 0.6 is 0 Å². The van der Waals surface area contributed by atoms with Crippen molar-refractivity contribution in [1.29, 1.82) is 5.26 Å². The largest absolute Gasteiger partial charge is 0.290 e. The van der Waals surface area contributed by atoms with Crippen LogP contribution in [0.4, 0.5) is 4.39 Å². The monoisotopic (exact) mass is 307 g/mol. The third kappa shape index (κ3) is 2.96. The summed E-state index contributed by atoms with van der Waals surface area (Å²) in [4.78, 5) is 20.6. The number of Topliss-reactive ketones (excluding diaryl/α,β-unsaturated/α-hetero) is 1. The van der Waals surface area contributed by atoms with Crippen molar-refractivity contribution >= 4 is 5.78 Å². The lowest BCUT2D eigenvalue weighted by Gasteiger charge is -2.08. The number of aromatic nitrogens is 4. The van der Waals surface area contributed by atoms with Gasteiger partial charge in [0.05, 0.1) is 18.0 Å². The molecule has 0 bridgehead atoms. The summed E-state index contributed by atoms with van der Waals surface area (Å²) in [6.45, 7) is 0. The molecule has 0 saturated carbocycles. The minimum atomic E-state index is -1.14. The number of hydrogen-bond acceptors (Lipinski definition) is 5. The molecule has 0 N–H and O–H groups in total. The highest BCUT2D eigenvalue weighted by molar-refractivity contribution is 6.01. The Hall–Kier alpha value is -3.40. The molecular weight excluding hydrogens is 297 g/mol. The van der Waals surface area contributed by atoms with E-state index in [0.29, 0.717) is 5.82 Å². The van der Waals surface area contributed by atoms with E-state index in [1.54, 1.807) is 30.6 Å². The van der Waals surface area contributed by atoms with Crippen molar-refractivity contribution in [3.8, 4) is 11.9 Å². The molecule has 0 aliphatic heterocycles. The molecule has 6 nitrogen and oxygen atoms in total. The molecule has 0 saturated heterocycles. The van der Waals surface area contributed by atoms with Gasteiger partial charge in [0.2, 0.25) is 5.78 Å². The van der Waals surface area contributed by atoms with Gasteiger partial charge >= 0.3 is 0 Å². The van der Waals surface area contributed by atoms with E-state index in [2.05, 4.69) is 15.1 Å². The Morgan fingerprint density at radius 3 is 2.78 bits per heavy atom. The van der Waals surface area contributed by atoms with Gasteiger partial charge in [-0.3, -0.25) is 9.78 Å². The first-order valence-electron chi connectivity index (χ1n) is 6.71. The first-order chi connectivity index (χ1) is 11.2. The van der Waals surface area contributed by atoms with E-state index in [0.717, 1.165) is 12.3 Å². The lowest BCUT2D eigenvalue weighted by atomic mass is 9.98. The molecule has 0 spiro atoms. The summed E-state index contributed by atoms with van der Waals surface area (Å²) in [5.41, 5.74) is 0.306. The molecule has 1 atom stereocenters. The molecule has 0 radical (unpaired) electrons. The second-order valence-corrected chi connectivity index (χ2v) is 4.66. The molecule has 23 heavy (non-hydrogen) atoms. The van der Waals surface area contributed by atoms with Crippen molar-refractivity contribution in [3.05, 3.63) is 72.2 Å². The Kier molecular flexibility index (Phi) is 3.89. The van der Waals surface area contributed by atoms with Gasteiger partial charge in [-0.15, -0.1) is 0 Å². The van der Waals surface area contributed by atoms with Crippen LogP contribution in [0, 0.1) is 17.1 Å². The average Bonchev–Trinajstić information content (AvgIpc) is 3.12. The van der Waals surface area contributed by atoms with Gasteiger partial charge in [0.15, 0.2) is 11.7 Å². The summed E-state index contributed by atoms with van der Waals surface area (Å²) in [5, 5.41) is 13.3. The predicted molar refractivity (Wildman–Crippen MR) is 78.2 cm³/mol. The minimum absolute atomic E-state index is 0.121. The Labute approximate surface area is 130 Å². The van der Waals surface area contributed by atoms with Crippen molar-refractivity contribution in [2.75, 3.05) is 0 Å². The number of carbonyl (C=O) groups excluding carboxylic acids is 1. The van der Waals surface area contributed by atoms with Gasteiger partial charge in [0.1, 0.15) is 11.5 Å². The van der Waals surface area contributed by atoms with Gasteiger partial charge in [-0.25, -0.2) is 14.1 Å². The normalized spacial score (nSPS) is 11.7. The number of halogens is 1. The molecular formula is C16H10FN5O. The smallest absolute Gasteiger partial charge is 0.204 e. The molecule has 3 aromatic heterocycles. The first kappa shape index (κ1) is 14.5. The third-order valence-electron chi connectivity index (χ3n) is 3.16. The lowest BCUT2D eigenvalue weighted by molar-refractivity contribution is 0.0972. The topological polar surface area (TPSA) is 84.5 Å². The number of hydrogen-bond donors (Lipinski definition) is 0. The van der Waals surface area contributed by atoms with Gasteiger partial charge in [0.25, 0.3) is 0 Å². The van der Waals surface area contributed by atoms with Crippen LogP contribution in [0.2, 0.25) is 0 Å². The molecule has 0 aliphatic carbocycles. The third-order valence-corrected chi connectivity index (χ3v) is 3.16. The number of nitrogens with zero attached hydrogens (tertiary/aromatic N) is 5. The highest BCUT2D eigenvalue weighted by Crippen LogP contribution is 2.18. The van der Waals surface area contributed by atoms with Crippen LogP contribution in [0.3, 0.4) is 0 Å². The van der Waals surface area contributed by atoms with E-state index >= 15 is 0 Å². The van der Waals surface area contributed by atoms with E-state index in [1.807, 2.05) is 6.07 Å². The first-order valence-corrected chi connectivity index (χ1v) is 6.71. The number of nitriles is 1. The summed E-state index contributed by atoms with van der Waals surface area (Å²) in [6, 6.07) is 11.0. The second kappa shape index (κ2) is 6.15. The molecule has 3 heterocycles. The molecule has 0 aliphatic rings. The fraction of sp³-hybridized carbons (Fsp3) is 0.0625. The molecule has 112 valence electrons. The Morgan fingerprint density at radius 2 is 2.13 bits per heavy atom. The zero-order chi connectivity index (χ0) is 16.2. The van der Waals surface area contributed by atoms with Crippen molar-refractivity contribution < 1.29 is 9.18 Å². The maximum Gasteiger partial charge on any atom is 0.204 e. The van der Waals surface area contributed by atoms with E-state index in [9.17, 15) is 14.4 Å². The zero-order valence-electron chi connectivity index (χ0n) is 11.8. The van der Waals surface area contributed by atoms with Crippen molar-refractivity contribution in [2.45, 2.75) is 5.92 Å². The fourth-order valence-corrected chi connectivity index (χ4v) is 2.06. The summed E-state index contributed by atoms with van der Waals surface area (Å²) in [5.74, 6) is -1.71. The van der Waals surface area contributed by atoms with Gasteiger partial charge in [-0.1, -0.05) is 6.07 Å². The van der Waals surface area contributed by atoms with Crippen molar-refractivity contribution in [3.63, 3.8) is 0 Å². The highest BCUT2D eigenvalue weighted by atomic mass is 19.1. The van der Waals surface area contributed by atoms with E-state index < -0.39 is 17.5 Å². The number of pyridine rings is 2. The number of carbonyl (C=O) groups is 1. The SMILES string of the molecule is N#C[C@@H](C(=O)c1cccc(-n2cccn2)n1)c1ccc(F)cn1. The highest BCUT2D eigenvalue weighted by Gasteiger charge is 2.24. The van der Waals surface area contributed by atoms with E-state index in [4.69, 9.17) is 0 Å². The average molecular weight is 307 g/mol. The maximum absolute atomic E-state index is 12.9. The van der Waals surface area contributed by atoms with Crippen LogP contribution in [0.5, 0.6) is 0 Å². The number of ketones is 1. The van der Waals surface area contributed by atoms with Crippen LogP contribution < -0.4 is 0 Å². The van der Waals surface area contributed by atoms with Crippen LogP contribution in [0.25, 0.3) is 5.82 Å².